The molecule has 0 saturated heterocycles. The zero-order valence-electron chi connectivity index (χ0n) is 14.4. The van der Waals surface area contributed by atoms with Crippen molar-refractivity contribution in [1.82, 2.24) is 14.6 Å². The van der Waals surface area contributed by atoms with Crippen molar-refractivity contribution in [2.45, 2.75) is 0 Å². The Morgan fingerprint density at radius 3 is 2.67 bits per heavy atom. The van der Waals surface area contributed by atoms with Crippen LogP contribution in [0.15, 0.2) is 66.9 Å². The zero-order chi connectivity index (χ0) is 18.8. The molecule has 6 nitrogen and oxygen atoms in total. The van der Waals surface area contributed by atoms with Crippen molar-refractivity contribution in [3.05, 3.63) is 77.4 Å². The van der Waals surface area contributed by atoms with E-state index in [2.05, 4.69) is 15.4 Å². The van der Waals surface area contributed by atoms with Gasteiger partial charge in [-0.3, -0.25) is 4.79 Å². The lowest BCUT2D eigenvalue weighted by Gasteiger charge is -2.06. The van der Waals surface area contributed by atoms with Crippen LogP contribution in [0.2, 0.25) is 5.02 Å². The van der Waals surface area contributed by atoms with Crippen molar-refractivity contribution in [3.63, 3.8) is 0 Å². The summed E-state index contributed by atoms with van der Waals surface area (Å²) in [6.45, 7) is 0. The number of imidazole rings is 1. The Kier molecular flexibility index (Phi) is 4.48. The largest absolute Gasteiger partial charge is 0.480 e. The van der Waals surface area contributed by atoms with Crippen LogP contribution >= 0.6 is 11.6 Å². The van der Waals surface area contributed by atoms with Gasteiger partial charge in [-0.25, -0.2) is 9.50 Å². The van der Waals surface area contributed by atoms with Crippen molar-refractivity contribution in [2.75, 3.05) is 12.4 Å². The molecule has 2 aromatic carbocycles. The number of hydrogen-bond acceptors (Lipinski definition) is 4. The minimum Gasteiger partial charge on any atom is -0.480 e. The van der Waals surface area contributed by atoms with Gasteiger partial charge < -0.3 is 10.1 Å². The number of carbonyl (C=O) groups is 1. The maximum Gasteiger partial charge on any atom is 0.255 e. The number of methoxy groups -OCH3 is 1. The van der Waals surface area contributed by atoms with E-state index in [1.165, 1.54) is 0 Å². The van der Waals surface area contributed by atoms with Crippen LogP contribution in [0.3, 0.4) is 0 Å². The summed E-state index contributed by atoms with van der Waals surface area (Å²) >= 11 is 5.93. The molecule has 27 heavy (non-hydrogen) atoms. The molecule has 2 aromatic heterocycles. The van der Waals surface area contributed by atoms with Gasteiger partial charge in [0.25, 0.3) is 5.91 Å². The maximum absolute atomic E-state index is 12.3. The fourth-order valence-electron chi connectivity index (χ4n) is 2.67. The molecule has 2 heterocycles. The number of halogens is 1. The van der Waals surface area contributed by atoms with Crippen LogP contribution in [-0.2, 0) is 0 Å². The van der Waals surface area contributed by atoms with Crippen LogP contribution in [0.5, 0.6) is 5.88 Å². The SMILES string of the molecule is COc1ccc2nc(-c3ccc(NC(=O)c4cccc(Cl)c4)cc3)cn2n1. The van der Waals surface area contributed by atoms with Crippen LogP contribution in [0.4, 0.5) is 5.69 Å². The van der Waals surface area contributed by atoms with Gasteiger partial charge in [0.2, 0.25) is 5.88 Å². The first-order chi connectivity index (χ1) is 13.1. The fourth-order valence-corrected chi connectivity index (χ4v) is 2.86. The molecule has 0 aliphatic heterocycles. The first kappa shape index (κ1) is 17.1. The van der Waals surface area contributed by atoms with E-state index in [4.69, 9.17) is 16.3 Å². The van der Waals surface area contributed by atoms with Crippen LogP contribution in [-0.4, -0.2) is 27.6 Å². The van der Waals surface area contributed by atoms with Crippen molar-refractivity contribution < 1.29 is 9.53 Å². The quantitative estimate of drug-likeness (QED) is 0.574. The van der Waals surface area contributed by atoms with Gasteiger partial charge in [-0.2, -0.15) is 0 Å². The van der Waals surface area contributed by atoms with E-state index in [0.717, 1.165) is 16.9 Å². The Morgan fingerprint density at radius 2 is 1.93 bits per heavy atom. The molecule has 7 heteroatoms. The standard InChI is InChI=1S/C20H15ClN4O2/c1-27-19-10-9-18-23-17(12-25(18)24-19)13-5-7-16(8-6-13)22-20(26)14-3-2-4-15(21)11-14/h2-12H,1H3,(H,22,26). The fraction of sp³-hybridized carbons (Fsp3) is 0.0500. The lowest BCUT2D eigenvalue weighted by Crippen LogP contribution is -2.11. The number of aromatic nitrogens is 3. The Hall–Kier alpha value is -3.38. The van der Waals surface area contributed by atoms with Crippen molar-refractivity contribution in [1.29, 1.82) is 0 Å². The number of nitrogens with zero attached hydrogens (tertiary/aromatic N) is 3. The van der Waals surface area contributed by atoms with E-state index in [1.54, 1.807) is 42.0 Å². The topological polar surface area (TPSA) is 68.5 Å². The first-order valence-corrected chi connectivity index (χ1v) is 8.58. The highest BCUT2D eigenvalue weighted by Gasteiger charge is 2.09. The van der Waals surface area contributed by atoms with Gasteiger partial charge in [0.1, 0.15) is 0 Å². The minimum atomic E-state index is -0.214. The smallest absolute Gasteiger partial charge is 0.255 e. The summed E-state index contributed by atoms with van der Waals surface area (Å²) in [5.74, 6) is 0.305. The number of amides is 1. The molecule has 0 unspecified atom stereocenters. The third-order valence-electron chi connectivity index (χ3n) is 4.03. The van der Waals surface area contributed by atoms with Crippen molar-refractivity contribution in [3.8, 4) is 17.1 Å². The summed E-state index contributed by atoms with van der Waals surface area (Å²) < 4.78 is 6.80. The number of ether oxygens (including phenoxy) is 1. The van der Waals surface area contributed by atoms with E-state index >= 15 is 0 Å². The first-order valence-electron chi connectivity index (χ1n) is 8.20. The van der Waals surface area contributed by atoms with E-state index in [-0.39, 0.29) is 5.91 Å². The zero-order valence-corrected chi connectivity index (χ0v) is 15.1. The number of benzene rings is 2. The Labute approximate surface area is 160 Å². The van der Waals surface area contributed by atoms with E-state index in [0.29, 0.717) is 22.2 Å². The summed E-state index contributed by atoms with van der Waals surface area (Å²) in [5.41, 5.74) is 3.62. The summed E-state index contributed by atoms with van der Waals surface area (Å²) in [5, 5.41) is 7.68. The Balaban J connectivity index is 1.54. The average Bonchev–Trinajstić information content (AvgIpc) is 3.11. The maximum atomic E-state index is 12.3. The Bertz CT molecular complexity index is 1120. The molecule has 0 atom stereocenters. The summed E-state index contributed by atoms with van der Waals surface area (Å²) in [7, 11) is 1.57. The highest BCUT2D eigenvalue weighted by Crippen LogP contribution is 2.22. The van der Waals surface area contributed by atoms with Gasteiger partial charge in [-0.05, 0) is 36.4 Å². The molecule has 0 spiro atoms. The lowest BCUT2D eigenvalue weighted by molar-refractivity contribution is 0.102. The molecular weight excluding hydrogens is 364 g/mol. The van der Waals surface area contributed by atoms with Gasteiger partial charge in [0.15, 0.2) is 5.65 Å². The molecule has 0 fully saturated rings. The highest BCUT2D eigenvalue weighted by atomic mass is 35.5. The monoisotopic (exact) mass is 378 g/mol. The van der Waals surface area contributed by atoms with Gasteiger partial charge in [0.05, 0.1) is 19.0 Å². The lowest BCUT2D eigenvalue weighted by atomic mass is 10.1. The van der Waals surface area contributed by atoms with E-state index < -0.39 is 0 Å². The minimum absolute atomic E-state index is 0.214. The van der Waals surface area contributed by atoms with Crippen LogP contribution in [0.25, 0.3) is 16.9 Å². The van der Waals surface area contributed by atoms with E-state index in [9.17, 15) is 4.79 Å². The second-order valence-corrected chi connectivity index (χ2v) is 6.28. The number of nitrogens with one attached hydrogen (secondary N) is 1. The van der Waals surface area contributed by atoms with Gasteiger partial charge in [-0.1, -0.05) is 29.8 Å². The second kappa shape index (κ2) is 7.09. The Morgan fingerprint density at radius 1 is 1.11 bits per heavy atom. The van der Waals surface area contributed by atoms with Crippen LogP contribution in [0, 0.1) is 0 Å². The predicted octanol–water partition coefficient (Wildman–Crippen LogP) is 4.31. The summed E-state index contributed by atoms with van der Waals surface area (Å²) in [6, 6.07) is 17.9. The third kappa shape index (κ3) is 3.61. The molecule has 134 valence electrons. The molecule has 0 saturated carbocycles. The molecule has 1 N–H and O–H groups in total. The second-order valence-electron chi connectivity index (χ2n) is 5.85. The molecule has 0 aliphatic rings. The van der Waals surface area contributed by atoms with Gasteiger partial charge in [-0.15, -0.1) is 5.10 Å². The molecule has 1 amide bonds. The normalized spacial score (nSPS) is 10.7. The molecule has 0 aliphatic carbocycles. The molecule has 4 rings (SSSR count). The van der Waals surface area contributed by atoms with Crippen LogP contribution in [0.1, 0.15) is 10.4 Å². The van der Waals surface area contributed by atoms with Crippen molar-refractivity contribution in [2.24, 2.45) is 0 Å². The van der Waals surface area contributed by atoms with Gasteiger partial charge in [0, 0.05) is 27.9 Å². The molecular formula is C20H15ClN4O2. The number of anilines is 1. The predicted molar refractivity (Wildman–Crippen MR) is 104 cm³/mol. The molecule has 0 bridgehead atoms. The average molecular weight is 379 g/mol. The molecule has 0 radical (unpaired) electrons. The number of hydrogen-bond donors (Lipinski definition) is 1. The number of carbonyl (C=O) groups excluding carboxylic acids is 1. The number of fused-ring (bicyclic) bond motifs is 1. The third-order valence-corrected chi connectivity index (χ3v) is 4.27. The summed E-state index contributed by atoms with van der Waals surface area (Å²) in [6.07, 6.45) is 1.83. The van der Waals surface area contributed by atoms with E-state index in [1.807, 2.05) is 36.5 Å². The summed E-state index contributed by atoms with van der Waals surface area (Å²) in [4.78, 5) is 16.8. The van der Waals surface area contributed by atoms with Crippen LogP contribution < -0.4 is 10.1 Å². The molecule has 4 aromatic rings. The van der Waals surface area contributed by atoms with Gasteiger partial charge >= 0.3 is 0 Å². The van der Waals surface area contributed by atoms with Crippen molar-refractivity contribution >= 4 is 28.8 Å². The number of rotatable bonds is 4. The highest BCUT2D eigenvalue weighted by molar-refractivity contribution is 6.31.